The SMILES string of the molecule is CCOC(=O)C(C(=O)OCC)[C@@H](C(=O)N1CCCCC1)c1c[nH]c2ccccc12. The molecule has 1 aromatic heterocycles. The Kier molecular flexibility index (Phi) is 6.90. The van der Waals surface area contributed by atoms with E-state index in [-0.39, 0.29) is 19.1 Å². The standard InChI is InChI=1S/C22H28N2O5/c1-3-28-21(26)19(22(27)29-4-2)18(20(25)24-12-8-5-9-13-24)16-14-23-17-11-7-6-10-15(16)17/h6-7,10-11,14,18-19,23H,3-5,8-9,12-13H2,1-2H3/t18-/m0/s1. The lowest BCUT2D eigenvalue weighted by atomic mass is 9.84. The van der Waals surface area contributed by atoms with Crippen molar-refractivity contribution in [2.24, 2.45) is 5.92 Å². The van der Waals surface area contributed by atoms with Crippen molar-refractivity contribution >= 4 is 28.7 Å². The van der Waals surface area contributed by atoms with Gasteiger partial charge in [-0.25, -0.2) is 0 Å². The first-order valence-electron chi connectivity index (χ1n) is 10.3. The molecule has 0 bridgehead atoms. The van der Waals surface area contributed by atoms with Gasteiger partial charge in [-0.3, -0.25) is 14.4 Å². The van der Waals surface area contributed by atoms with Crippen molar-refractivity contribution in [3.05, 3.63) is 36.0 Å². The molecule has 3 rings (SSSR count). The van der Waals surface area contributed by atoms with Gasteiger partial charge in [0.15, 0.2) is 5.92 Å². The maximum Gasteiger partial charge on any atom is 0.321 e. The number of nitrogens with zero attached hydrogens (tertiary/aromatic N) is 1. The second-order valence-corrected chi connectivity index (χ2v) is 7.13. The summed E-state index contributed by atoms with van der Waals surface area (Å²) < 4.78 is 10.4. The average Bonchev–Trinajstić information content (AvgIpc) is 3.16. The monoisotopic (exact) mass is 400 g/mol. The molecule has 29 heavy (non-hydrogen) atoms. The Labute approximate surface area is 170 Å². The van der Waals surface area contributed by atoms with Gasteiger partial charge in [0, 0.05) is 30.2 Å². The molecule has 0 saturated carbocycles. The van der Waals surface area contributed by atoms with Gasteiger partial charge in [-0.15, -0.1) is 0 Å². The summed E-state index contributed by atoms with van der Waals surface area (Å²) in [5, 5.41) is 0.807. The third kappa shape index (κ3) is 4.44. The van der Waals surface area contributed by atoms with Crippen molar-refractivity contribution in [2.45, 2.75) is 39.0 Å². The second-order valence-electron chi connectivity index (χ2n) is 7.13. The third-order valence-corrected chi connectivity index (χ3v) is 5.30. The van der Waals surface area contributed by atoms with E-state index in [4.69, 9.17) is 9.47 Å². The lowest BCUT2D eigenvalue weighted by Gasteiger charge is -2.32. The minimum atomic E-state index is -1.34. The Morgan fingerprint density at radius 1 is 1.00 bits per heavy atom. The Bertz CT molecular complexity index is 851. The maximum absolute atomic E-state index is 13.6. The molecule has 1 aliphatic heterocycles. The highest BCUT2D eigenvalue weighted by molar-refractivity contribution is 6.04. The van der Waals surface area contributed by atoms with E-state index in [0.717, 1.165) is 30.2 Å². The van der Waals surface area contributed by atoms with Gasteiger partial charge in [-0.05, 0) is 44.7 Å². The number of amides is 1. The lowest BCUT2D eigenvalue weighted by Crippen LogP contribution is -2.45. The number of hydrogen-bond donors (Lipinski definition) is 1. The molecule has 1 aromatic carbocycles. The molecule has 2 heterocycles. The topological polar surface area (TPSA) is 88.7 Å². The summed E-state index contributed by atoms with van der Waals surface area (Å²) in [6.07, 6.45) is 4.61. The van der Waals surface area contributed by atoms with Gasteiger partial charge in [-0.2, -0.15) is 0 Å². The van der Waals surface area contributed by atoms with E-state index in [1.165, 1.54) is 0 Å². The summed E-state index contributed by atoms with van der Waals surface area (Å²) in [5.74, 6) is -4.04. The van der Waals surface area contributed by atoms with Crippen LogP contribution in [0.2, 0.25) is 0 Å². The third-order valence-electron chi connectivity index (χ3n) is 5.30. The molecular formula is C22H28N2O5. The molecule has 1 fully saturated rings. The molecule has 1 N–H and O–H groups in total. The zero-order valence-electron chi connectivity index (χ0n) is 17.0. The van der Waals surface area contributed by atoms with Crippen LogP contribution in [0, 0.1) is 5.92 Å². The minimum absolute atomic E-state index is 0.118. The quantitative estimate of drug-likeness (QED) is 0.570. The molecular weight excluding hydrogens is 372 g/mol. The number of aromatic amines is 1. The van der Waals surface area contributed by atoms with Crippen LogP contribution in [0.1, 0.15) is 44.6 Å². The van der Waals surface area contributed by atoms with Crippen molar-refractivity contribution in [2.75, 3.05) is 26.3 Å². The lowest BCUT2D eigenvalue weighted by molar-refractivity contribution is -0.165. The Morgan fingerprint density at radius 3 is 2.24 bits per heavy atom. The Balaban J connectivity index is 2.10. The number of carbonyl (C=O) groups excluding carboxylic acids is 3. The number of H-pyrrole nitrogens is 1. The van der Waals surface area contributed by atoms with Gasteiger partial charge >= 0.3 is 11.9 Å². The molecule has 7 nitrogen and oxygen atoms in total. The van der Waals surface area contributed by atoms with Crippen molar-refractivity contribution in [3.63, 3.8) is 0 Å². The van der Waals surface area contributed by atoms with Crippen molar-refractivity contribution < 1.29 is 23.9 Å². The number of benzene rings is 1. The number of piperidine rings is 1. The van der Waals surface area contributed by atoms with Crippen molar-refractivity contribution in [3.8, 4) is 0 Å². The Hall–Kier alpha value is -2.83. The van der Waals surface area contributed by atoms with Crippen LogP contribution in [0.4, 0.5) is 0 Å². The highest BCUT2D eigenvalue weighted by atomic mass is 16.6. The van der Waals surface area contributed by atoms with E-state index >= 15 is 0 Å². The molecule has 7 heteroatoms. The van der Waals surface area contributed by atoms with E-state index in [1.54, 1.807) is 24.9 Å². The van der Waals surface area contributed by atoms with Gasteiger partial charge in [0.25, 0.3) is 0 Å². The smallest absolute Gasteiger partial charge is 0.321 e. The molecule has 1 aliphatic rings. The molecule has 2 aromatic rings. The Morgan fingerprint density at radius 2 is 1.62 bits per heavy atom. The van der Waals surface area contributed by atoms with Crippen LogP contribution in [0.25, 0.3) is 10.9 Å². The predicted molar refractivity (Wildman–Crippen MR) is 108 cm³/mol. The largest absolute Gasteiger partial charge is 0.465 e. The number of rotatable bonds is 7. The van der Waals surface area contributed by atoms with Crippen LogP contribution >= 0.6 is 0 Å². The number of aromatic nitrogens is 1. The number of fused-ring (bicyclic) bond motifs is 1. The van der Waals surface area contributed by atoms with Crippen LogP contribution in [-0.4, -0.2) is 54.0 Å². The van der Waals surface area contributed by atoms with Crippen LogP contribution in [0.5, 0.6) is 0 Å². The number of hydrogen-bond acceptors (Lipinski definition) is 5. The van der Waals surface area contributed by atoms with E-state index < -0.39 is 23.8 Å². The van der Waals surface area contributed by atoms with Gasteiger partial charge in [0.05, 0.1) is 19.1 Å². The molecule has 1 saturated heterocycles. The molecule has 0 radical (unpaired) electrons. The number of esters is 2. The molecule has 0 spiro atoms. The summed E-state index contributed by atoms with van der Waals surface area (Å²) in [7, 11) is 0. The van der Waals surface area contributed by atoms with E-state index in [9.17, 15) is 14.4 Å². The van der Waals surface area contributed by atoms with Gasteiger partial charge in [0.1, 0.15) is 0 Å². The fraction of sp³-hybridized carbons (Fsp3) is 0.500. The highest BCUT2D eigenvalue weighted by Gasteiger charge is 2.45. The number of para-hydroxylation sites is 1. The molecule has 1 amide bonds. The van der Waals surface area contributed by atoms with Crippen LogP contribution < -0.4 is 0 Å². The first-order chi connectivity index (χ1) is 14.1. The number of likely N-dealkylation sites (tertiary alicyclic amines) is 1. The fourth-order valence-electron chi connectivity index (χ4n) is 3.95. The minimum Gasteiger partial charge on any atom is -0.465 e. The van der Waals surface area contributed by atoms with Gasteiger partial charge in [-0.1, -0.05) is 18.2 Å². The van der Waals surface area contributed by atoms with E-state index in [0.29, 0.717) is 18.7 Å². The molecule has 0 aliphatic carbocycles. The number of nitrogens with one attached hydrogen (secondary N) is 1. The van der Waals surface area contributed by atoms with E-state index in [2.05, 4.69) is 4.98 Å². The summed E-state index contributed by atoms with van der Waals surface area (Å²) in [5.41, 5.74) is 1.45. The first-order valence-corrected chi connectivity index (χ1v) is 10.3. The summed E-state index contributed by atoms with van der Waals surface area (Å²) >= 11 is 0. The first kappa shape index (κ1) is 20.9. The average molecular weight is 400 g/mol. The molecule has 1 atom stereocenters. The van der Waals surface area contributed by atoms with Gasteiger partial charge in [0.2, 0.25) is 5.91 Å². The van der Waals surface area contributed by atoms with Crippen LogP contribution in [0.3, 0.4) is 0 Å². The fourth-order valence-corrected chi connectivity index (χ4v) is 3.95. The van der Waals surface area contributed by atoms with Gasteiger partial charge < -0.3 is 19.4 Å². The van der Waals surface area contributed by atoms with Crippen LogP contribution in [-0.2, 0) is 23.9 Å². The van der Waals surface area contributed by atoms with Crippen molar-refractivity contribution in [1.29, 1.82) is 0 Å². The second kappa shape index (κ2) is 9.58. The summed E-state index contributed by atoms with van der Waals surface area (Å²) in [6, 6.07) is 7.53. The zero-order chi connectivity index (χ0) is 20.8. The predicted octanol–water partition coefficient (Wildman–Crippen LogP) is 3.01. The van der Waals surface area contributed by atoms with Crippen LogP contribution in [0.15, 0.2) is 30.5 Å². The van der Waals surface area contributed by atoms with Crippen molar-refractivity contribution in [1.82, 2.24) is 9.88 Å². The normalized spacial score (nSPS) is 15.3. The summed E-state index contributed by atoms with van der Waals surface area (Å²) in [6.45, 7) is 4.83. The molecule has 0 unspecified atom stereocenters. The number of ether oxygens (including phenoxy) is 2. The zero-order valence-corrected chi connectivity index (χ0v) is 17.0. The number of carbonyl (C=O) groups is 3. The summed E-state index contributed by atoms with van der Waals surface area (Å²) in [4.78, 5) is 44.1. The highest BCUT2D eigenvalue weighted by Crippen LogP contribution is 2.35. The van der Waals surface area contributed by atoms with E-state index in [1.807, 2.05) is 24.3 Å². The molecule has 156 valence electrons. The maximum atomic E-state index is 13.6.